The number of rotatable bonds is 1. The van der Waals surface area contributed by atoms with Crippen molar-refractivity contribution in [2.75, 3.05) is 0 Å². The van der Waals surface area contributed by atoms with Crippen LogP contribution in [0.2, 0.25) is 0 Å². The van der Waals surface area contributed by atoms with Crippen molar-refractivity contribution in [2.24, 2.45) is 10.7 Å². The summed E-state index contributed by atoms with van der Waals surface area (Å²) in [5.74, 6) is -0.582. The second-order valence-electron chi connectivity index (χ2n) is 1.71. The van der Waals surface area contributed by atoms with Gasteiger partial charge in [0.1, 0.15) is 0 Å². The molecule has 0 spiro atoms. The zero-order valence-electron chi connectivity index (χ0n) is 4.98. The minimum Gasteiger partial charge on any atom is -0.497 e. The van der Waals surface area contributed by atoms with Gasteiger partial charge in [-0.15, -0.1) is 0 Å². The number of hydrogen-bond acceptors (Lipinski definition) is 2. The first-order valence-corrected chi connectivity index (χ1v) is 2.55. The molecule has 10 heavy (non-hydrogen) atoms. The Morgan fingerprint density at radius 1 is 2.00 bits per heavy atom. The van der Waals surface area contributed by atoms with Crippen LogP contribution in [0, 0.1) is 0 Å². The second-order valence-corrected chi connectivity index (χ2v) is 1.71. The molecule has 0 fully saturated rings. The number of nitrogens with two attached hydrogens (primary N) is 1. The smallest absolute Gasteiger partial charge is 0.367 e. The molecule has 3 N–H and O–H groups in total. The van der Waals surface area contributed by atoms with Gasteiger partial charge < -0.3 is 16.1 Å². The molecule has 6 nitrogen and oxygen atoms in total. The molecule has 0 aromatic rings. The topological polar surface area (TPSA) is 104 Å². The summed E-state index contributed by atoms with van der Waals surface area (Å²) in [5.41, 5.74) is 13.1. The molecule has 1 unspecified atom stereocenters. The van der Waals surface area contributed by atoms with Gasteiger partial charge in [0.25, 0.3) is 5.91 Å². The highest BCUT2D eigenvalue weighted by Gasteiger charge is 2.31. The van der Waals surface area contributed by atoms with E-state index in [0.717, 1.165) is 0 Å². The van der Waals surface area contributed by atoms with E-state index in [0.29, 0.717) is 0 Å². The number of carbonyl (C=O) groups is 1. The summed E-state index contributed by atoms with van der Waals surface area (Å²) < 4.78 is 0. The molecule has 1 heterocycles. The van der Waals surface area contributed by atoms with Crippen molar-refractivity contribution in [1.82, 2.24) is 5.32 Å². The van der Waals surface area contributed by atoms with E-state index >= 15 is 0 Å². The lowest BCUT2D eigenvalue weighted by molar-refractivity contribution is -0.118. The van der Waals surface area contributed by atoms with Gasteiger partial charge in [-0.2, -0.15) is 0 Å². The van der Waals surface area contributed by atoms with Gasteiger partial charge in [0.2, 0.25) is 6.04 Å². The lowest BCUT2D eigenvalue weighted by atomic mass is 10.3. The molecule has 0 saturated carbocycles. The van der Waals surface area contributed by atoms with E-state index in [1.807, 2.05) is 0 Å². The summed E-state index contributed by atoms with van der Waals surface area (Å²) in [6, 6.07) is -0.856. The van der Waals surface area contributed by atoms with Crippen molar-refractivity contribution in [3.05, 3.63) is 5.53 Å². The molecule has 0 aliphatic carbocycles. The quantitative estimate of drug-likeness (QED) is 0.327. The van der Waals surface area contributed by atoms with E-state index in [1.54, 1.807) is 0 Å². The predicted octanol–water partition coefficient (Wildman–Crippen LogP) is -1.90. The first-order chi connectivity index (χ1) is 4.75. The Hall–Kier alpha value is -1.68. The van der Waals surface area contributed by atoms with Crippen LogP contribution in [0.3, 0.4) is 0 Å². The van der Waals surface area contributed by atoms with Gasteiger partial charge in [-0.25, -0.2) is 10.3 Å². The molecule has 6 heteroatoms. The molecule has 0 aromatic heterocycles. The maximum absolute atomic E-state index is 10.4. The van der Waals surface area contributed by atoms with Crippen LogP contribution < -0.4 is 11.1 Å². The number of nitrogens with zero attached hydrogens (tertiary/aromatic N) is 3. The molecule has 52 valence electrons. The van der Waals surface area contributed by atoms with Crippen molar-refractivity contribution in [3.63, 3.8) is 0 Å². The van der Waals surface area contributed by atoms with E-state index in [2.05, 4.69) is 15.1 Å². The van der Waals surface area contributed by atoms with Crippen LogP contribution in [0.1, 0.15) is 0 Å². The van der Waals surface area contributed by atoms with Crippen molar-refractivity contribution in [3.8, 4) is 0 Å². The van der Waals surface area contributed by atoms with Crippen LogP contribution in [-0.2, 0) is 4.79 Å². The van der Waals surface area contributed by atoms with E-state index in [1.165, 1.54) is 6.34 Å². The molecule has 1 aliphatic rings. The predicted molar refractivity (Wildman–Crippen MR) is 33.2 cm³/mol. The summed E-state index contributed by atoms with van der Waals surface area (Å²) in [4.78, 5) is 16.8. The Labute approximate surface area is 56.4 Å². The number of nitrogens with one attached hydrogen (secondary N) is 1. The Morgan fingerprint density at radius 3 is 3.10 bits per heavy atom. The molecule has 0 bridgehead atoms. The molecule has 1 amide bonds. The zero-order valence-corrected chi connectivity index (χ0v) is 4.98. The van der Waals surface area contributed by atoms with Crippen LogP contribution in [0.25, 0.3) is 5.53 Å². The largest absolute Gasteiger partial charge is 0.497 e. The minimum atomic E-state index is -0.856. The van der Waals surface area contributed by atoms with Gasteiger partial charge in [0, 0.05) is 0 Å². The normalized spacial score (nSPS) is 22.0. The number of aliphatic imine (C=N–C) groups is 1. The van der Waals surface area contributed by atoms with Crippen LogP contribution >= 0.6 is 0 Å². The van der Waals surface area contributed by atoms with Gasteiger partial charge in [0.05, 0.1) is 0 Å². The number of carbonyl (C=O) groups excluding carboxylic acids is 1. The third-order valence-electron chi connectivity index (χ3n) is 1.07. The average molecular weight is 139 g/mol. The molecule has 1 atom stereocenters. The summed E-state index contributed by atoms with van der Waals surface area (Å²) in [6.45, 7) is 0. The lowest BCUT2D eigenvalue weighted by Gasteiger charge is -1.92. The van der Waals surface area contributed by atoms with E-state index < -0.39 is 11.9 Å². The fraction of sp³-hybridized carbons (Fsp3) is 0.250. The Balaban J connectivity index is 2.86. The van der Waals surface area contributed by atoms with Crippen molar-refractivity contribution < 1.29 is 9.58 Å². The van der Waals surface area contributed by atoms with Crippen molar-refractivity contribution in [2.45, 2.75) is 6.04 Å². The van der Waals surface area contributed by atoms with Crippen molar-refractivity contribution in [1.29, 1.82) is 0 Å². The van der Waals surface area contributed by atoms with Gasteiger partial charge >= 0.3 is 5.84 Å². The summed E-state index contributed by atoms with van der Waals surface area (Å²) in [5, 5.41) is 2.45. The van der Waals surface area contributed by atoms with Crippen LogP contribution in [-0.4, -0.2) is 28.9 Å². The van der Waals surface area contributed by atoms with Crippen molar-refractivity contribution >= 4 is 18.1 Å². The first-order valence-electron chi connectivity index (χ1n) is 2.55. The zero-order chi connectivity index (χ0) is 7.56. The highest BCUT2D eigenvalue weighted by atomic mass is 16.1. The summed E-state index contributed by atoms with van der Waals surface area (Å²) >= 11 is 0. The molecular weight excluding hydrogens is 134 g/mol. The summed E-state index contributed by atoms with van der Waals surface area (Å²) in [7, 11) is 0. The molecule has 1 rings (SSSR count). The number of primary amides is 1. The van der Waals surface area contributed by atoms with E-state index in [-0.39, 0.29) is 5.84 Å². The second kappa shape index (κ2) is 2.28. The van der Waals surface area contributed by atoms with Crippen LogP contribution in [0.4, 0.5) is 0 Å². The fourth-order valence-electron chi connectivity index (χ4n) is 0.619. The highest BCUT2D eigenvalue weighted by Crippen LogP contribution is 1.93. The molecular formula is C4H5N5O. The maximum Gasteiger partial charge on any atom is 0.367 e. The highest BCUT2D eigenvalue weighted by molar-refractivity contribution is 6.11. The van der Waals surface area contributed by atoms with Gasteiger partial charge in [-0.1, -0.05) is 0 Å². The summed E-state index contributed by atoms with van der Waals surface area (Å²) in [6.07, 6.45) is 1.25. The van der Waals surface area contributed by atoms with Crippen LogP contribution in [0.15, 0.2) is 4.99 Å². The van der Waals surface area contributed by atoms with Gasteiger partial charge in [-0.05, 0) is 0 Å². The molecule has 0 radical (unpaired) electrons. The monoisotopic (exact) mass is 139 g/mol. The Bertz CT molecular complexity index is 238. The number of hydrogen-bond donors (Lipinski definition) is 2. The van der Waals surface area contributed by atoms with Gasteiger partial charge in [-0.3, -0.25) is 4.79 Å². The Morgan fingerprint density at radius 2 is 2.70 bits per heavy atom. The van der Waals surface area contributed by atoms with Gasteiger partial charge in [0.15, 0.2) is 6.34 Å². The minimum absolute atomic E-state index is 0.0625. The number of amidine groups is 1. The third-order valence-corrected chi connectivity index (χ3v) is 1.07. The Kier molecular flexibility index (Phi) is 1.47. The van der Waals surface area contributed by atoms with E-state index in [9.17, 15) is 4.79 Å². The first kappa shape index (κ1) is 6.44. The lowest BCUT2D eigenvalue weighted by Crippen LogP contribution is -2.36. The molecule has 1 aliphatic heterocycles. The van der Waals surface area contributed by atoms with E-state index in [4.69, 9.17) is 11.3 Å². The number of amides is 1. The standard InChI is InChI=1S/C4H5N5O/c5-3(10)2-4(9-6)8-1-7-2/h1-2H,(H2,5,10)(H,7,8). The molecule has 0 aromatic carbocycles. The molecule has 0 saturated heterocycles. The fourth-order valence-corrected chi connectivity index (χ4v) is 0.619. The van der Waals surface area contributed by atoms with Crippen LogP contribution in [0.5, 0.6) is 0 Å². The SMILES string of the molecule is [N-]=[N+]=C1NC=NC1C(N)=O. The average Bonchev–Trinajstić information content (AvgIpc) is 2.33. The maximum atomic E-state index is 10.4. The third kappa shape index (κ3) is 0.872.